The molecule has 0 saturated heterocycles. The minimum atomic E-state index is -0.949. The molecule has 0 aliphatic carbocycles. The van der Waals surface area contributed by atoms with Crippen LogP contribution in [0.3, 0.4) is 0 Å². The van der Waals surface area contributed by atoms with Crippen LogP contribution in [0.5, 0.6) is 0 Å². The van der Waals surface area contributed by atoms with Crippen LogP contribution in [-0.2, 0) is 4.79 Å². The zero-order valence-electron chi connectivity index (χ0n) is 4.91. The van der Waals surface area contributed by atoms with Crippen molar-refractivity contribution in [3.05, 3.63) is 4.91 Å². The first kappa shape index (κ1) is 8.03. The van der Waals surface area contributed by atoms with Crippen molar-refractivity contribution in [3.8, 4) is 0 Å². The van der Waals surface area contributed by atoms with Crippen LogP contribution >= 0.6 is 0 Å². The molecule has 52 valence electrons. The molecule has 0 rings (SSSR count). The summed E-state index contributed by atoms with van der Waals surface area (Å²) in [6.07, 6.45) is 0.235. The predicted molar refractivity (Wildman–Crippen MR) is 32.4 cm³/mol. The third-order valence-corrected chi connectivity index (χ3v) is 0.896. The third-order valence-electron chi connectivity index (χ3n) is 0.896. The van der Waals surface area contributed by atoms with Crippen molar-refractivity contribution in [2.24, 2.45) is 16.6 Å². The van der Waals surface area contributed by atoms with Crippen molar-refractivity contribution in [1.29, 1.82) is 0 Å². The van der Waals surface area contributed by atoms with Gasteiger partial charge in [-0.15, -0.1) is 4.91 Å². The molecule has 0 aromatic heterocycles. The number of carbonyl (C=O) groups is 1. The van der Waals surface area contributed by atoms with Gasteiger partial charge in [0, 0.05) is 0 Å². The molecular formula is C4H9N3O2. The van der Waals surface area contributed by atoms with Crippen LogP contribution in [-0.4, -0.2) is 18.5 Å². The summed E-state index contributed by atoms with van der Waals surface area (Å²) in [5.41, 5.74) is 9.78. The summed E-state index contributed by atoms with van der Waals surface area (Å²) in [7, 11) is 0. The zero-order valence-corrected chi connectivity index (χ0v) is 4.91. The van der Waals surface area contributed by atoms with E-state index in [1.165, 1.54) is 0 Å². The molecule has 0 saturated carbocycles. The van der Waals surface area contributed by atoms with Crippen LogP contribution in [0.15, 0.2) is 5.18 Å². The second kappa shape index (κ2) is 3.96. The lowest BCUT2D eigenvalue weighted by atomic mass is 10.2. The summed E-state index contributed by atoms with van der Waals surface area (Å²) in [6, 6.07) is -0.949. The monoisotopic (exact) mass is 131 g/mol. The van der Waals surface area contributed by atoms with Crippen molar-refractivity contribution >= 4 is 5.91 Å². The van der Waals surface area contributed by atoms with E-state index in [2.05, 4.69) is 5.18 Å². The molecule has 0 fully saturated rings. The van der Waals surface area contributed by atoms with E-state index in [1.807, 2.05) is 0 Å². The second-order valence-corrected chi connectivity index (χ2v) is 1.60. The molecule has 5 heteroatoms. The van der Waals surface area contributed by atoms with Gasteiger partial charge in [0.25, 0.3) is 0 Å². The Bertz CT molecular complexity index is 114. The second-order valence-electron chi connectivity index (χ2n) is 1.60. The number of nitrogens with two attached hydrogens (primary N) is 2. The van der Waals surface area contributed by atoms with Crippen molar-refractivity contribution in [2.45, 2.75) is 12.5 Å². The van der Waals surface area contributed by atoms with Gasteiger partial charge in [-0.05, 0) is 13.0 Å². The van der Waals surface area contributed by atoms with E-state index < -0.39 is 11.9 Å². The summed E-state index contributed by atoms with van der Waals surface area (Å²) in [6.45, 7) is 0.249. The molecule has 0 spiro atoms. The zero-order chi connectivity index (χ0) is 7.28. The van der Waals surface area contributed by atoms with Crippen LogP contribution < -0.4 is 11.5 Å². The molecule has 0 aromatic carbocycles. The lowest BCUT2D eigenvalue weighted by Crippen LogP contribution is -2.28. The highest BCUT2D eigenvalue weighted by Crippen LogP contribution is 1.92. The maximum absolute atomic E-state index is 10.2. The number of carbonyl (C=O) groups excluding carboxylic acids is 1. The minimum Gasteiger partial charge on any atom is -0.368 e. The molecule has 9 heavy (non-hydrogen) atoms. The Balaban J connectivity index is 3.68. The fourth-order valence-corrected chi connectivity index (χ4v) is 0.405. The Morgan fingerprint density at radius 2 is 2.22 bits per heavy atom. The van der Waals surface area contributed by atoms with Crippen LogP contribution in [0.4, 0.5) is 0 Å². The average molecular weight is 131 g/mol. The first-order valence-corrected chi connectivity index (χ1v) is 2.54. The molecule has 1 amide bonds. The summed E-state index contributed by atoms with van der Waals surface area (Å²) < 4.78 is 0. The van der Waals surface area contributed by atoms with E-state index in [4.69, 9.17) is 11.5 Å². The molecule has 0 aromatic rings. The van der Waals surface area contributed by atoms with E-state index >= 15 is 0 Å². The number of nitrogens with zero attached hydrogens (tertiary/aromatic N) is 1. The summed E-state index contributed by atoms with van der Waals surface area (Å²) >= 11 is 0. The van der Waals surface area contributed by atoms with Crippen LogP contribution in [0.2, 0.25) is 0 Å². The number of hydrogen-bond acceptors (Lipinski definition) is 4. The van der Waals surface area contributed by atoms with E-state index in [1.54, 1.807) is 0 Å². The molecule has 0 aliphatic heterocycles. The number of primary amides is 1. The van der Waals surface area contributed by atoms with Gasteiger partial charge in [-0.3, -0.25) is 4.79 Å². The summed E-state index contributed by atoms with van der Waals surface area (Å²) in [5, 5.41) is 2.47. The molecule has 5 nitrogen and oxygen atoms in total. The Morgan fingerprint density at radius 1 is 1.67 bits per heavy atom. The molecule has 0 radical (unpaired) electrons. The highest BCUT2D eigenvalue weighted by molar-refractivity contribution is 5.79. The van der Waals surface area contributed by atoms with Gasteiger partial charge >= 0.3 is 0 Å². The van der Waals surface area contributed by atoms with Gasteiger partial charge in [0.2, 0.25) is 5.91 Å². The van der Waals surface area contributed by atoms with Gasteiger partial charge in [0.15, 0.2) is 6.04 Å². The molecule has 4 N–H and O–H groups in total. The quantitative estimate of drug-likeness (QED) is 0.476. The molecule has 0 unspecified atom stereocenters. The SMILES string of the molecule is NCC[C@H](N=O)C(N)=O. The van der Waals surface area contributed by atoms with E-state index in [0.717, 1.165) is 0 Å². The van der Waals surface area contributed by atoms with Gasteiger partial charge < -0.3 is 11.5 Å². The number of nitroso groups, excluding NO2 is 1. The van der Waals surface area contributed by atoms with Crippen LogP contribution in [0, 0.1) is 4.91 Å². The van der Waals surface area contributed by atoms with E-state index in [9.17, 15) is 9.70 Å². The molecule has 0 heterocycles. The normalized spacial score (nSPS) is 12.6. The van der Waals surface area contributed by atoms with Gasteiger partial charge in [-0.2, -0.15) is 0 Å². The third kappa shape index (κ3) is 2.76. The smallest absolute Gasteiger partial charge is 0.245 e. The van der Waals surface area contributed by atoms with Gasteiger partial charge in [-0.1, -0.05) is 5.18 Å². The first-order chi connectivity index (χ1) is 4.22. The lowest BCUT2D eigenvalue weighted by Gasteiger charge is -1.99. The first-order valence-electron chi connectivity index (χ1n) is 2.54. The molecule has 1 atom stereocenters. The van der Waals surface area contributed by atoms with E-state index in [0.29, 0.717) is 0 Å². The molecule has 0 aliphatic rings. The van der Waals surface area contributed by atoms with Crippen molar-refractivity contribution in [1.82, 2.24) is 0 Å². The number of hydrogen-bond donors (Lipinski definition) is 2. The fourth-order valence-electron chi connectivity index (χ4n) is 0.405. The standard InChI is InChI=1S/C4H9N3O2/c5-2-1-3(7-9)4(6)8/h3H,1-2,5H2,(H2,6,8)/t3-/m0/s1. The Labute approximate surface area is 52.4 Å². The van der Waals surface area contributed by atoms with Crippen molar-refractivity contribution in [2.75, 3.05) is 6.54 Å². The maximum Gasteiger partial charge on any atom is 0.245 e. The van der Waals surface area contributed by atoms with Crippen molar-refractivity contribution in [3.63, 3.8) is 0 Å². The topological polar surface area (TPSA) is 98.5 Å². The Kier molecular flexibility index (Phi) is 3.54. The number of amides is 1. The van der Waals surface area contributed by atoms with E-state index in [-0.39, 0.29) is 13.0 Å². The van der Waals surface area contributed by atoms with Crippen LogP contribution in [0.1, 0.15) is 6.42 Å². The largest absolute Gasteiger partial charge is 0.368 e. The lowest BCUT2D eigenvalue weighted by molar-refractivity contribution is -0.119. The highest BCUT2D eigenvalue weighted by atomic mass is 16.3. The van der Waals surface area contributed by atoms with Gasteiger partial charge in [-0.25, -0.2) is 0 Å². The molecule has 0 bridgehead atoms. The highest BCUT2D eigenvalue weighted by Gasteiger charge is 2.12. The van der Waals surface area contributed by atoms with Gasteiger partial charge in [0.1, 0.15) is 0 Å². The van der Waals surface area contributed by atoms with Crippen molar-refractivity contribution < 1.29 is 4.79 Å². The minimum absolute atomic E-state index is 0.235. The number of rotatable bonds is 4. The Hall–Kier alpha value is -0.970. The Morgan fingerprint density at radius 3 is 2.33 bits per heavy atom. The summed E-state index contributed by atoms with van der Waals surface area (Å²) in [4.78, 5) is 19.9. The summed E-state index contributed by atoms with van der Waals surface area (Å²) in [5.74, 6) is -0.713. The maximum atomic E-state index is 10.2. The predicted octanol–water partition coefficient (Wildman–Crippen LogP) is -1.04. The molecular weight excluding hydrogens is 122 g/mol. The average Bonchev–Trinajstić information content (AvgIpc) is 1.82. The fraction of sp³-hybridized carbons (Fsp3) is 0.750. The van der Waals surface area contributed by atoms with Crippen LogP contribution in [0.25, 0.3) is 0 Å². The van der Waals surface area contributed by atoms with Gasteiger partial charge in [0.05, 0.1) is 0 Å².